The van der Waals surface area contributed by atoms with Crippen LogP contribution in [0.3, 0.4) is 0 Å². The van der Waals surface area contributed by atoms with Crippen LogP contribution >= 0.6 is 0 Å². The highest BCUT2D eigenvalue weighted by atomic mass is 19.4. The Morgan fingerprint density at radius 2 is 1.24 bits per heavy atom. The molecule has 0 amide bonds. The number of halogens is 3. The molecule has 0 bridgehead atoms. The number of fused-ring (bicyclic) bond motifs is 1. The Morgan fingerprint density at radius 3 is 1.84 bits per heavy atom. The van der Waals surface area contributed by atoms with Crippen molar-refractivity contribution in [2.45, 2.75) is 6.18 Å². The predicted molar refractivity (Wildman–Crippen MR) is 92.0 cm³/mol. The highest BCUT2D eigenvalue weighted by Crippen LogP contribution is 2.31. The normalized spacial score (nSPS) is 11.8. The molecule has 0 saturated carbocycles. The van der Waals surface area contributed by atoms with E-state index in [-0.39, 0.29) is 0 Å². The van der Waals surface area contributed by atoms with Crippen LogP contribution < -0.4 is 0 Å². The number of aromatic amines is 1. The maximum absolute atomic E-state index is 12.6. The van der Waals surface area contributed by atoms with Gasteiger partial charge >= 0.3 is 6.18 Å². The number of alkyl halides is 3. The molecule has 0 aliphatic rings. The van der Waals surface area contributed by atoms with Gasteiger partial charge in [-0.2, -0.15) is 13.2 Å². The van der Waals surface area contributed by atoms with Crippen LogP contribution in [-0.2, 0) is 6.18 Å². The van der Waals surface area contributed by atoms with Crippen LogP contribution in [-0.4, -0.2) is 9.97 Å². The maximum Gasteiger partial charge on any atom is 0.416 e. The van der Waals surface area contributed by atoms with Gasteiger partial charge in [-0.05, 0) is 35.4 Å². The van der Waals surface area contributed by atoms with Gasteiger partial charge in [-0.1, -0.05) is 48.5 Å². The van der Waals surface area contributed by atoms with Crippen LogP contribution in [0.2, 0.25) is 0 Å². The van der Waals surface area contributed by atoms with Gasteiger partial charge in [-0.15, -0.1) is 0 Å². The van der Waals surface area contributed by atoms with Crippen molar-refractivity contribution in [2.24, 2.45) is 0 Å². The fourth-order valence-corrected chi connectivity index (χ4v) is 2.76. The number of aromatic nitrogens is 2. The first-order valence-electron chi connectivity index (χ1n) is 7.73. The summed E-state index contributed by atoms with van der Waals surface area (Å²) >= 11 is 0. The number of hydrogen-bond donors (Lipinski definition) is 1. The van der Waals surface area contributed by atoms with Crippen molar-refractivity contribution in [3.63, 3.8) is 0 Å². The molecular weight excluding hydrogens is 325 g/mol. The summed E-state index contributed by atoms with van der Waals surface area (Å²) in [7, 11) is 0. The van der Waals surface area contributed by atoms with Crippen molar-refractivity contribution in [1.29, 1.82) is 0 Å². The first-order valence-corrected chi connectivity index (χ1v) is 7.73. The lowest BCUT2D eigenvalue weighted by Crippen LogP contribution is -2.03. The summed E-state index contributed by atoms with van der Waals surface area (Å²) < 4.78 is 37.9. The van der Waals surface area contributed by atoms with E-state index in [1.165, 1.54) is 12.1 Å². The van der Waals surface area contributed by atoms with Crippen LogP contribution in [0.1, 0.15) is 5.56 Å². The largest absolute Gasteiger partial charge is 0.416 e. The first-order chi connectivity index (χ1) is 12.0. The Bertz CT molecular complexity index is 980. The van der Waals surface area contributed by atoms with Crippen molar-refractivity contribution >= 4 is 11.0 Å². The van der Waals surface area contributed by atoms with Crippen LogP contribution in [0.4, 0.5) is 13.2 Å². The third kappa shape index (κ3) is 3.01. The van der Waals surface area contributed by atoms with Crippen LogP contribution in [0.5, 0.6) is 0 Å². The number of hydrogen-bond acceptors (Lipinski definition) is 1. The quantitative estimate of drug-likeness (QED) is 0.483. The third-order valence-electron chi connectivity index (χ3n) is 4.09. The Balaban J connectivity index is 1.63. The number of imidazole rings is 1. The van der Waals surface area contributed by atoms with Crippen molar-refractivity contribution in [3.8, 4) is 22.5 Å². The Kier molecular flexibility index (Phi) is 3.57. The van der Waals surface area contributed by atoms with Gasteiger partial charge in [0.25, 0.3) is 0 Å². The van der Waals surface area contributed by atoms with Gasteiger partial charge in [0.1, 0.15) is 5.82 Å². The van der Waals surface area contributed by atoms with Gasteiger partial charge in [0, 0.05) is 5.56 Å². The van der Waals surface area contributed by atoms with E-state index in [2.05, 4.69) is 9.97 Å². The summed E-state index contributed by atoms with van der Waals surface area (Å²) in [6.45, 7) is 0. The molecule has 0 fully saturated rings. The SMILES string of the molecule is FC(F)(F)c1ccc(-c2ccc(-c3nc4ccccc4[nH]3)cc2)cc1. The zero-order valence-electron chi connectivity index (χ0n) is 13.0. The summed E-state index contributed by atoms with van der Waals surface area (Å²) in [4.78, 5) is 7.80. The van der Waals surface area contributed by atoms with Crippen molar-refractivity contribution in [1.82, 2.24) is 9.97 Å². The standard InChI is InChI=1S/C20H13F3N2/c21-20(22,23)16-11-9-14(10-12-16)13-5-7-15(8-6-13)19-24-17-3-1-2-4-18(17)25-19/h1-12H,(H,24,25). The lowest BCUT2D eigenvalue weighted by molar-refractivity contribution is -0.137. The lowest BCUT2D eigenvalue weighted by Gasteiger charge is -2.08. The maximum atomic E-state index is 12.6. The Morgan fingerprint density at radius 1 is 0.680 bits per heavy atom. The lowest BCUT2D eigenvalue weighted by atomic mass is 10.0. The molecule has 1 N–H and O–H groups in total. The first kappa shape index (κ1) is 15.4. The second-order valence-electron chi connectivity index (χ2n) is 5.76. The van der Waals surface area contributed by atoms with Crippen molar-refractivity contribution in [3.05, 3.63) is 78.4 Å². The van der Waals surface area contributed by atoms with Crippen LogP contribution in [0.15, 0.2) is 72.8 Å². The Labute approximate surface area is 142 Å². The molecule has 124 valence electrons. The molecule has 0 saturated heterocycles. The average Bonchev–Trinajstić information content (AvgIpc) is 3.05. The molecule has 5 heteroatoms. The molecule has 0 aliphatic carbocycles. The fourth-order valence-electron chi connectivity index (χ4n) is 2.76. The van der Waals surface area contributed by atoms with Gasteiger partial charge in [0.15, 0.2) is 0 Å². The number of H-pyrrole nitrogens is 1. The summed E-state index contributed by atoms with van der Waals surface area (Å²) in [6, 6.07) is 20.5. The molecular formula is C20H13F3N2. The molecule has 2 nitrogen and oxygen atoms in total. The van der Waals surface area contributed by atoms with E-state index in [9.17, 15) is 13.2 Å². The van der Waals surface area contributed by atoms with E-state index in [1.54, 1.807) is 0 Å². The average molecular weight is 338 g/mol. The number of para-hydroxylation sites is 2. The minimum absolute atomic E-state index is 0.643. The van der Waals surface area contributed by atoms with Gasteiger partial charge in [-0.3, -0.25) is 0 Å². The second kappa shape index (κ2) is 5.77. The molecule has 4 aromatic rings. The monoisotopic (exact) mass is 338 g/mol. The molecule has 4 rings (SSSR count). The highest BCUT2D eigenvalue weighted by Gasteiger charge is 2.29. The highest BCUT2D eigenvalue weighted by molar-refractivity contribution is 5.79. The Hall–Kier alpha value is -3.08. The van der Waals surface area contributed by atoms with E-state index >= 15 is 0 Å². The predicted octanol–water partition coefficient (Wildman–Crippen LogP) is 5.92. The smallest absolute Gasteiger partial charge is 0.338 e. The topological polar surface area (TPSA) is 28.7 Å². The van der Waals surface area contributed by atoms with Crippen LogP contribution in [0, 0.1) is 0 Å². The molecule has 0 aliphatic heterocycles. The molecule has 0 spiro atoms. The molecule has 0 unspecified atom stereocenters. The fraction of sp³-hybridized carbons (Fsp3) is 0.0500. The summed E-state index contributed by atoms with van der Waals surface area (Å²) in [5.41, 5.74) is 3.73. The van der Waals surface area contributed by atoms with E-state index in [0.29, 0.717) is 0 Å². The van der Waals surface area contributed by atoms with Crippen molar-refractivity contribution < 1.29 is 13.2 Å². The summed E-state index contributed by atoms with van der Waals surface area (Å²) in [6.07, 6.45) is -4.32. The third-order valence-corrected chi connectivity index (χ3v) is 4.09. The number of rotatable bonds is 2. The van der Waals surface area contributed by atoms with Gasteiger partial charge < -0.3 is 4.98 Å². The second-order valence-corrected chi connectivity index (χ2v) is 5.76. The zero-order chi connectivity index (χ0) is 17.4. The molecule has 0 atom stereocenters. The molecule has 0 radical (unpaired) electrons. The van der Waals surface area contributed by atoms with Gasteiger partial charge in [-0.25, -0.2) is 4.98 Å². The minimum atomic E-state index is -4.32. The minimum Gasteiger partial charge on any atom is -0.338 e. The number of nitrogens with zero attached hydrogens (tertiary/aromatic N) is 1. The molecule has 25 heavy (non-hydrogen) atoms. The summed E-state index contributed by atoms with van der Waals surface area (Å²) in [5, 5.41) is 0. The summed E-state index contributed by atoms with van der Waals surface area (Å²) in [5.74, 6) is 0.764. The zero-order valence-corrected chi connectivity index (χ0v) is 13.0. The van der Waals surface area contributed by atoms with E-state index in [1.807, 2.05) is 48.5 Å². The van der Waals surface area contributed by atoms with E-state index in [4.69, 9.17) is 0 Å². The van der Waals surface area contributed by atoms with Crippen molar-refractivity contribution in [2.75, 3.05) is 0 Å². The van der Waals surface area contributed by atoms with Crippen LogP contribution in [0.25, 0.3) is 33.5 Å². The number of nitrogens with one attached hydrogen (secondary N) is 1. The van der Waals surface area contributed by atoms with Gasteiger partial charge in [0.05, 0.1) is 16.6 Å². The molecule has 1 heterocycles. The number of benzene rings is 3. The molecule has 3 aromatic carbocycles. The van der Waals surface area contributed by atoms with E-state index in [0.717, 1.165) is 45.7 Å². The molecule has 1 aromatic heterocycles. The van der Waals surface area contributed by atoms with E-state index < -0.39 is 11.7 Å². The van der Waals surface area contributed by atoms with Gasteiger partial charge in [0.2, 0.25) is 0 Å².